The number of carboxylic acids is 1. The molecule has 1 amide bonds. The molecule has 1 fully saturated rings. The van der Waals surface area contributed by atoms with Crippen LogP contribution in [0.25, 0.3) is 0 Å². The maximum atomic E-state index is 12.3. The van der Waals surface area contributed by atoms with Crippen molar-refractivity contribution in [3.8, 4) is 0 Å². The molecule has 0 spiro atoms. The van der Waals surface area contributed by atoms with E-state index >= 15 is 0 Å². The molecule has 1 aromatic rings. The molecule has 2 rings (SSSR count). The minimum absolute atomic E-state index is 0.0268. The molecule has 0 heterocycles. The first kappa shape index (κ1) is 14.9. The average molecular weight is 296 g/mol. The van der Waals surface area contributed by atoms with E-state index < -0.39 is 5.97 Å². The Morgan fingerprint density at radius 2 is 2.10 bits per heavy atom. The molecule has 0 aromatic heterocycles. The summed E-state index contributed by atoms with van der Waals surface area (Å²) in [6, 6.07) is 4.30. The number of carboxylic acid groups (broad SMARTS) is 1. The molecule has 1 saturated carbocycles. The molecule has 108 valence electrons. The van der Waals surface area contributed by atoms with E-state index in [0.717, 1.165) is 19.3 Å². The van der Waals surface area contributed by atoms with Gasteiger partial charge in [-0.1, -0.05) is 31.9 Å². The highest BCUT2D eigenvalue weighted by Crippen LogP contribution is 2.43. The number of hydrogen-bond acceptors (Lipinski definition) is 2. The Morgan fingerprint density at radius 3 is 2.65 bits per heavy atom. The van der Waals surface area contributed by atoms with Gasteiger partial charge in [-0.25, -0.2) is 4.79 Å². The van der Waals surface area contributed by atoms with Gasteiger partial charge in [0.1, 0.15) is 0 Å². The summed E-state index contributed by atoms with van der Waals surface area (Å²) in [7, 11) is 0. The van der Waals surface area contributed by atoms with Crippen molar-refractivity contribution in [2.45, 2.75) is 33.1 Å². The number of carbonyl (C=O) groups excluding carboxylic acids is 1. The zero-order valence-corrected chi connectivity index (χ0v) is 12.3. The first-order valence-electron chi connectivity index (χ1n) is 6.65. The van der Waals surface area contributed by atoms with Crippen molar-refractivity contribution in [2.24, 2.45) is 11.3 Å². The molecule has 20 heavy (non-hydrogen) atoms. The number of anilines is 1. The van der Waals surface area contributed by atoms with E-state index in [9.17, 15) is 9.59 Å². The highest BCUT2D eigenvalue weighted by Gasteiger charge is 2.39. The quantitative estimate of drug-likeness (QED) is 0.891. The number of hydrogen-bond donors (Lipinski definition) is 2. The maximum Gasteiger partial charge on any atom is 0.335 e. The molecule has 2 N–H and O–H groups in total. The van der Waals surface area contributed by atoms with Crippen molar-refractivity contribution in [2.75, 3.05) is 5.32 Å². The molecule has 1 aliphatic rings. The summed E-state index contributed by atoms with van der Waals surface area (Å²) in [4.78, 5) is 23.3. The summed E-state index contributed by atoms with van der Waals surface area (Å²) in [5, 5.41) is 12.1. The van der Waals surface area contributed by atoms with Crippen LogP contribution in [-0.4, -0.2) is 17.0 Å². The fourth-order valence-electron chi connectivity index (χ4n) is 2.79. The normalized spacial score (nSPS) is 20.6. The molecule has 1 unspecified atom stereocenters. The van der Waals surface area contributed by atoms with Crippen LogP contribution in [0.15, 0.2) is 18.2 Å². The molecule has 1 aromatic carbocycles. The Labute approximate surface area is 123 Å². The average Bonchev–Trinajstić information content (AvgIpc) is 2.71. The van der Waals surface area contributed by atoms with Gasteiger partial charge in [0.05, 0.1) is 16.3 Å². The molecule has 0 bridgehead atoms. The minimum atomic E-state index is -1.04. The van der Waals surface area contributed by atoms with Crippen LogP contribution in [0.2, 0.25) is 5.02 Å². The van der Waals surface area contributed by atoms with Gasteiger partial charge in [-0.3, -0.25) is 4.79 Å². The van der Waals surface area contributed by atoms with Gasteiger partial charge >= 0.3 is 5.97 Å². The van der Waals surface area contributed by atoms with Crippen molar-refractivity contribution in [3.05, 3.63) is 28.8 Å². The minimum Gasteiger partial charge on any atom is -0.478 e. The van der Waals surface area contributed by atoms with Crippen LogP contribution in [-0.2, 0) is 4.79 Å². The second-order valence-corrected chi connectivity index (χ2v) is 6.33. The lowest BCUT2D eigenvalue weighted by molar-refractivity contribution is -0.122. The molecule has 0 saturated heterocycles. The predicted molar refractivity (Wildman–Crippen MR) is 78.2 cm³/mol. The molecule has 0 aliphatic heterocycles. The van der Waals surface area contributed by atoms with E-state index in [0.29, 0.717) is 10.7 Å². The third kappa shape index (κ3) is 2.96. The van der Waals surface area contributed by atoms with Gasteiger partial charge in [-0.2, -0.15) is 0 Å². The van der Waals surface area contributed by atoms with Gasteiger partial charge in [0.25, 0.3) is 0 Å². The van der Waals surface area contributed by atoms with E-state index in [-0.39, 0.29) is 22.8 Å². The third-order valence-electron chi connectivity index (χ3n) is 4.04. The van der Waals surface area contributed by atoms with Crippen LogP contribution < -0.4 is 5.32 Å². The predicted octanol–water partition coefficient (Wildman–Crippen LogP) is 3.80. The van der Waals surface area contributed by atoms with Crippen molar-refractivity contribution in [3.63, 3.8) is 0 Å². The Morgan fingerprint density at radius 1 is 1.40 bits per heavy atom. The zero-order valence-electron chi connectivity index (χ0n) is 11.6. The monoisotopic (exact) mass is 295 g/mol. The molecule has 5 heteroatoms. The van der Waals surface area contributed by atoms with Gasteiger partial charge in [0.2, 0.25) is 5.91 Å². The van der Waals surface area contributed by atoms with Crippen LogP contribution in [0.5, 0.6) is 0 Å². The maximum absolute atomic E-state index is 12.3. The standard InChI is InChI=1S/C15H18ClNO3/c1-15(2)7-3-4-10(15)13(18)17-12-8-9(14(19)20)5-6-11(12)16/h5-6,8,10H,3-4,7H2,1-2H3,(H,17,18)(H,19,20). The van der Waals surface area contributed by atoms with E-state index in [4.69, 9.17) is 16.7 Å². The summed E-state index contributed by atoms with van der Waals surface area (Å²) in [6.07, 6.45) is 2.91. The van der Waals surface area contributed by atoms with Gasteiger partial charge in [-0.15, -0.1) is 0 Å². The Bertz CT molecular complexity index is 554. The largest absolute Gasteiger partial charge is 0.478 e. The highest BCUT2D eigenvalue weighted by molar-refractivity contribution is 6.33. The number of benzene rings is 1. The van der Waals surface area contributed by atoms with E-state index in [1.54, 1.807) is 0 Å². The molecular weight excluding hydrogens is 278 g/mol. The third-order valence-corrected chi connectivity index (χ3v) is 4.37. The van der Waals surface area contributed by atoms with Crippen LogP contribution in [0.4, 0.5) is 5.69 Å². The lowest BCUT2D eigenvalue weighted by Gasteiger charge is -2.26. The van der Waals surface area contributed by atoms with Crippen LogP contribution in [0, 0.1) is 11.3 Å². The molecule has 1 atom stereocenters. The molecule has 4 nitrogen and oxygen atoms in total. The first-order valence-corrected chi connectivity index (χ1v) is 7.03. The topological polar surface area (TPSA) is 66.4 Å². The van der Waals surface area contributed by atoms with Crippen molar-refractivity contribution in [1.82, 2.24) is 0 Å². The van der Waals surface area contributed by atoms with Crippen molar-refractivity contribution < 1.29 is 14.7 Å². The van der Waals surface area contributed by atoms with Gasteiger partial charge < -0.3 is 10.4 Å². The summed E-state index contributed by atoms with van der Waals surface area (Å²) in [5.41, 5.74) is 0.440. The number of nitrogens with one attached hydrogen (secondary N) is 1. The Balaban J connectivity index is 2.19. The van der Waals surface area contributed by atoms with Crippen LogP contribution in [0.3, 0.4) is 0 Å². The van der Waals surface area contributed by atoms with Gasteiger partial charge in [0, 0.05) is 5.92 Å². The second kappa shape index (κ2) is 5.44. The van der Waals surface area contributed by atoms with Gasteiger partial charge in [-0.05, 0) is 36.5 Å². The Kier molecular flexibility index (Phi) is 4.04. The Hall–Kier alpha value is -1.55. The van der Waals surface area contributed by atoms with Crippen LogP contribution in [0.1, 0.15) is 43.5 Å². The fourth-order valence-corrected chi connectivity index (χ4v) is 2.95. The lowest BCUT2D eigenvalue weighted by Crippen LogP contribution is -2.30. The van der Waals surface area contributed by atoms with Crippen LogP contribution >= 0.6 is 11.6 Å². The number of rotatable bonds is 3. The van der Waals surface area contributed by atoms with Gasteiger partial charge in [0.15, 0.2) is 0 Å². The zero-order chi connectivity index (χ0) is 14.9. The molecule has 0 radical (unpaired) electrons. The van der Waals surface area contributed by atoms with E-state index in [1.165, 1.54) is 18.2 Å². The van der Waals surface area contributed by atoms with Crippen molar-refractivity contribution >= 4 is 29.2 Å². The number of amides is 1. The van der Waals surface area contributed by atoms with E-state index in [1.807, 2.05) is 0 Å². The summed E-state index contributed by atoms with van der Waals surface area (Å²) in [5.74, 6) is -1.19. The number of carbonyl (C=O) groups is 2. The van der Waals surface area contributed by atoms with Crippen molar-refractivity contribution in [1.29, 1.82) is 0 Å². The smallest absolute Gasteiger partial charge is 0.335 e. The first-order chi connectivity index (χ1) is 9.31. The highest BCUT2D eigenvalue weighted by atomic mass is 35.5. The summed E-state index contributed by atoms with van der Waals surface area (Å²) < 4.78 is 0. The SMILES string of the molecule is CC1(C)CCCC1C(=O)Nc1cc(C(=O)O)ccc1Cl. The van der Waals surface area contributed by atoms with E-state index in [2.05, 4.69) is 19.2 Å². The number of halogens is 1. The molecular formula is C15H18ClNO3. The number of aromatic carboxylic acids is 1. The molecule has 1 aliphatic carbocycles. The second-order valence-electron chi connectivity index (χ2n) is 5.92. The lowest BCUT2D eigenvalue weighted by atomic mass is 9.81. The summed E-state index contributed by atoms with van der Waals surface area (Å²) >= 11 is 6.02. The summed E-state index contributed by atoms with van der Waals surface area (Å²) in [6.45, 7) is 4.17. The fraction of sp³-hybridized carbons (Fsp3) is 0.467.